The van der Waals surface area contributed by atoms with E-state index in [-0.39, 0.29) is 10.8 Å². The quantitative estimate of drug-likeness (QED) is 0.379. The Hall–Kier alpha value is -3.80. The van der Waals surface area contributed by atoms with Crippen LogP contribution in [0, 0.1) is 0 Å². The lowest BCUT2D eigenvalue weighted by atomic mass is 10.1. The minimum Gasteiger partial charge on any atom is -0.336 e. The molecule has 1 amide bonds. The van der Waals surface area contributed by atoms with E-state index >= 15 is 0 Å². The van der Waals surface area contributed by atoms with Crippen LogP contribution in [0.25, 0.3) is 16.8 Å². The number of sulfonamides is 1. The largest absolute Gasteiger partial charge is 0.336 e. The van der Waals surface area contributed by atoms with Gasteiger partial charge < -0.3 is 15.1 Å². The Morgan fingerprint density at radius 3 is 2.36 bits per heavy atom. The Morgan fingerprint density at radius 2 is 1.67 bits per heavy atom. The van der Waals surface area contributed by atoms with Crippen molar-refractivity contribution in [2.24, 2.45) is 0 Å². The van der Waals surface area contributed by atoms with Crippen molar-refractivity contribution in [1.82, 2.24) is 29.1 Å². The predicted molar refractivity (Wildman–Crippen MR) is 152 cm³/mol. The number of nitrogens with zero attached hydrogens (tertiary/aromatic N) is 5. The Bertz CT molecular complexity index is 1600. The number of likely N-dealkylation sites (N-methyl/N-ethyl adjacent to an activating group) is 1. The molecule has 0 bridgehead atoms. The molecule has 1 aliphatic rings. The molecule has 4 aromatic rings. The first kappa shape index (κ1) is 26.8. The molecule has 0 spiro atoms. The lowest BCUT2D eigenvalue weighted by molar-refractivity contribution is 0.0664. The highest BCUT2D eigenvalue weighted by Crippen LogP contribution is 2.26. The average Bonchev–Trinajstić information content (AvgIpc) is 3.31. The highest BCUT2D eigenvalue weighted by Gasteiger charge is 2.23. The molecule has 0 saturated carbocycles. The second-order valence-electron chi connectivity index (χ2n) is 10.8. The third kappa shape index (κ3) is 6.11. The summed E-state index contributed by atoms with van der Waals surface area (Å²) in [7, 11) is -1.63. The van der Waals surface area contributed by atoms with E-state index in [9.17, 15) is 13.2 Å². The van der Waals surface area contributed by atoms with Gasteiger partial charge in [-0.2, -0.15) is 0 Å². The Balaban J connectivity index is 1.36. The molecule has 0 radical (unpaired) electrons. The minimum absolute atomic E-state index is 0.0336. The molecule has 0 atom stereocenters. The first-order chi connectivity index (χ1) is 18.5. The maximum atomic E-state index is 12.9. The number of nitrogens with one attached hydrogen (secondary N) is 2. The van der Waals surface area contributed by atoms with Gasteiger partial charge in [0.15, 0.2) is 0 Å². The van der Waals surface area contributed by atoms with E-state index in [2.05, 4.69) is 32.1 Å². The highest BCUT2D eigenvalue weighted by molar-refractivity contribution is 7.89. The molecule has 10 nitrogen and oxygen atoms in total. The van der Waals surface area contributed by atoms with Crippen molar-refractivity contribution in [2.45, 2.75) is 31.2 Å². The SMILES string of the molecule is CN1CCN(C(=O)c2ccc(Nc3ncc4ccc(-c5cccc(S(=O)(=O)NC(C)(C)C)c5)n4n3)cc2)CC1. The number of anilines is 2. The molecule has 2 aromatic heterocycles. The molecule has 0 aliphatic carbocycles. The van der Waals surface area contributed by atoms with Crippen molar-refractivity contribution >= 4 is 33.1 Å². The number of carbonyl (C=O) groups excluding carboxylic acids is 1. The van der Waals surface area contributed by atoms with Gasteiger partial charge in [-0.25, -0.2) is 22.6 Å². The number of hydrogen-bond donors (Lipinski definition) is 2. The zero-order valence-corrected chi connectivity index (χ0v) is 23.4. The molecule has 39 heavy (non-hydrogen) atoms. The Labute approximate surface area is 228 Å². The van der Waals surface area contributed by atoms with Gasteiger partial charge in [0.1, 0.15) is 0 Å². The van der Waals surface area contributed by atoms with Crippen LogP contribution in [0.1, 0.15) is 31.1 Å². The fraction of sp³-hybridized carbons (Fsp3) is 0.321. The maximum Gasteiger partial charge on any atom is 0.253 e. The Morgan fingerprint density at radius 1 is 0.949 bits per heavy atom. The van der Waals surface area contributed by atoms with Gasteiger partial charge in [0.25, 0.3) is 5.91 Å². The van der Waals surface area contributed by atoms with E-state index in [1.807, 2.05) is 35.2 Å². The standard InChI is InChI=1S/C28H33N7O3S/c1-28(2,3)32-39(37,38)24-7-5-6-21(18-24)25-13-12-23-19-29-27(31-35(23)25)30-22-10-8-20(9-11-22)26(36)34-16-14-33(4)15-17-34/h5-13,18-19,32H,14-17H2,1-4H3,(H,30,31). The smallest absolute Gasteiger partial charge is 0.253 e. The summed E-state index contributed by atoms with van der Waals surface area (Å²) in [5.74, 6) is 0.405. The van der Waals surface area contributed by atoms with E-state index < -0.39 is 15.6 Å². The van der Waals surface area contributed by atoms with Crippen LogP contribution in [0.5, 0.6) is 0 Å². The average molecular weight is 548 g/mol. The minimum atomic E-state index is -3.69. The summed E-state index contributed by atoms with van der Waals surface area (Å²) in [6.45, 7) is 8.62. The van der Waals surface area contributed by atoms with E-state index in [4.69, 9.17) is 0 Å². The number of rotatable bonds is 6. The molecule has 2 N–H and O–H groups in total. The molecular weight excluding hydrogens is 514 g/mol. The number of amides is 1. The fourth-order valence-electron chi connectivity index (χ4n) is 4.48. The van der Waals surface area contributed by atoms with Crippen LogP contribution >= 0.6 is 0 Å². The second-order valence-corrected chi connectivity index (χ2v) is 12.5. The highest BCUT2D eigenvalue weighted by atomic mass is 32.2. The molecule has 1 fully saturated rings. The third-order valence-corrected chi connectivity index (χ3v) is 8.21. The summed E-state index contributed by atoms with van der Waals surface area (Å²) in [5, 5.41) is 7.84. The van der Waals surface area contributed by atoms with Crippen LogP contribution in [-0.2, 0) is 10.0 Å². The normalized spacial score (nSPS) is 15.0. The third-order valence-electron chi connectivity index (χ3n) is 6.46. The van der Waals surface area contributed by atoms with Crippen LogP contribution < -0.4 is 10.0 Å². The van der Waals surface area contributed by atoms with E-state index in [0.717, 1.165) is 43.1 Å². The van der Waals surface area contributed by atoms with Crippen molar-refractivity contribution in [3.63, 3.8) is 0 Å². The van der Waals surface area contributed by atoms with Gasteiger partial charge in [0.2, 0.25) is 16.0 Å². The summed E-state index contributed by atoms with van der Waals surface area (Å²) in [6.07, 6.45) is 1.70. The molecule has 2 aromatic carbocycles. The van der Waals surface area contributed by atoms with Crippen molar-refractivity contribution in [3.05, 3.63) is 72.4 Å². The number of benzene rings is 2. The summed E-state index contributed by atoms with van der Waals surface area (Å²) < 4.78 is 30.2. The summed E-state index contributed by atoms with van der Waals surface area (Å²) >= 11 is 0. The van der Waals surface area contributed by atoms with Gasteiger partial charge >= 0.3 is 0 Å². The topological polar surface area (TPSA) is 112 Å². The van der Waals surface area contributed by atoms with Gasteiger partial charge in [-0.3, -0.25) is 4.79 Å². The van der Waals surface area contributed by atoms with Gasteiger partial charge in [0, 0.05) is 48.5 Å². The molecule has 204 valence electrons. The van der Waals surface area contributed by atoms with E-state index in [0.29, 0.717) is 17.1 Å². The fourth-order valence-corrected chi connectivity index (χ4v) is 5.94. The van der Waals surface area contributed by atoms with Crippen LogP contribution in [0.15, 0.2) is 71.8 Å². The number of aromatic nitrogens is 3. The van der Waals surface area contributed by atoms with Crippen LogP contribution in [-0.4, -0.2) is 77.5 Å². The van der Waals surface area contributed by atoms with Gasteiger partial charge in [0.05, 0.1) is 22.3 Å². The predicted octanol–water partition coefficient (Wildman–Crippen LogP) is 3.60. The van der Waals surface area contributed by atoms with Crippen LogP contribution in [0.3, 0.4) is 0 Å². The summed E-state index contributed by atoms with van der Waals surface area (Å²) in [6, 6.07) is 17.8. The molecule has 0 unspecified atom stereocenters. The molecule has 3 heterocycles. The van der Waals surface area contributed by atoms with Crippen LogP contribution in [0.2, 0.25) is 0 Å². The van der Waals surface area contributed by atoms with E-state index in [1.54, 1.807) is 61.8 Å². The van der Waals surface area contributed by atoms with Gasteiger partial charge in [-0.05, 0) is 76.3 Å². The molecule has 11 heteroatoms. The van der Waals surface area contributed by atoms with Gasteiger partial charge in [-0.15, -0.1) is 5.10 Å². The maximum absolute atomic E-state index is 12.9. The molecule has 1 aliphatic heterocycles. The number of fused-ring (bicyclic) bond motifs is 1. The number of hydrogen-bond acceptors (Lipinski definition) is 7. The summed E-state index contributed by atoms with van der Waals surface area (Å²) in [5.41, 5.74) is 3.01. The van der Waals surface area contributed by atoms with E-state index in [1.165, 1.54) is 0 Å². The summed E-state index contributed by atoms with van der Waals surface area (Å²) in [4.78, 5) is 21.5. The number of carbonyl (C=O) groups is 1. The zero-order chi connectivity index (χ0) is 27.8. The van der Waals surface area contributed by atoms with Crippen molar-refractivity contribution < 1.29 is 13.2 Å². The second kappa shape index (κ2) is 10.4. The van der Waals surface area contributed by atoms with Crippen LogP contribution in [0.4, 0.5) is 11.6 Å². The lowest BCUT2D eigenvalue weighted by Gasteiger charge is -2.32. The molecule has 5 rings (SSSR count). The van der Waals surface area contributed by atoms with Gasteiger partial charge in [-0.1, -0.05) is 12.1 Å². The van der Waals surface area contributed by atoms with Crippen molar-refractivity contribution in [3.8, 4) is 11.3 Å². The lowest BCUT2D eigenvalue weighted by Crippen LogP contribution is -2.47. The first-order valence-corrected chi connectivity index (χ1v) is 14.3. The number of piperazine rings is 1. The van der Waals surface area contributed by atoms with Crippen molar-refractivity contribution in [1.29, 1.82) is 0 Å². The molecular formula is C28H33N7O3S. The zero-order valence-electron chi connectivity index (χ0n) is 22.5. The molecule has 1 saturated heterocycles. The first-order valence-electron chi connectivity index (χ1n) is 12.8. The Kier molecular flexibility index (Phi) is 7.15. The van der Waals surface area contributed by atoms with Crippen molar-refractivity contribution in [2.75, 3.05) is 38.5 Å². The monoisotopic (exact) mass is 547 g/mol.